The number of hydrogen-bond acceptors (Lipinski definition) is 2. The van der Waals surface area contributed by atoms with Gasteiger partial charge in [-0.3, -0.25) is 9.11 Å². The van der Waals surface area contributed by atoms with Crippen molar-refractivity contribution < 1.29 is 35.0 Å². The molecular weight excluding hydrogens is 160 g/mol. The van der Waals surface area contributed by atoms with Crippen molar-refractivity contribution >= 4 is 20.2 Å². The second kappa shape index (κ2) is 3.06. The van der Waals surface area contributed by atoms with Crippen molar-refractivity contribution in [3.63, 3.8) is 0 Å². The van der Waals surface area contributed by atoms with E-state index in [-0.39, 0.29) is 21.7 Å². The molecule has 0 aromatic carbocycles. The van der Waals surface area contributed by atoms with Crippen LogP contribution in [-0.2, 0) is 42.0 Å². The van der Waals surface area contributed by atoms with Crippen LogP contribution in [0.4, 0.5) is 0 Å². The van der Waals surface area contributed by atoms with Crippen LogP contribution < -0.4 is 0 Å². The zero-order chi connectivity index (χ0) is 4.50. The Morgan fingerprint density at radius 1 is 1.50 bits per heavy atom. The van der Waals surface area contributed by atoms with Crippen LogP contribution in [0.1, 0.15) is 0 Å². The summed E-state index contributed by atoms with van der Waals surface area (Å²) in [5.41, 5.74) is 0. The third kappa shape index (κ3) is 79.6. The molecule has 36 valence electrons. The summed E-state index contributed by atoms with van der Waals surface area (Å²) >= 11 is 3.47. The van der Waals surface area contributed by atoms with Gasteiger partial charge in [-0.25, -0.2) is 0 Å². The standard InChI is InChI=1S/H2O3S2.Ti/c1-5(2,3)4;/h(H2,1,2,3,4);. The van der Waals surface area contributed by atoms with Crippen molar-refractivity contribution in [3.8, 4) is 0 Å². The van der Waals surface area contributed by atoms with E-state index in [4.69, 9.17) is 13.3 Å². The Morgan fingerprint density at radius 3 is 1.50 bits per heavy atom. The Bertz CT molecular complexity index is 92.0. The fraction of sp³-hybridized carbons (Fsp3) is 0. The van der Waals surface area contributed by atoms with Gasteiger partial charge in [-0.2, -0.15) is 4.21 Å². The molecule has 6 heteroatoms. The fourth-order valence-corrected chi connectivity index (χ4v) is 0. The van der Waals surface area contributed by atoms with Crippen molar-refractivity contribution in [1.82, 2.24) is 0 Å². The molecule has 0 aliphatic carbocycles. The molecule has 0 atom stereocenters. The topological polar surface area (TPSA) is 57.5 Å². The number of hydrogen-bond donors (Lipinski definition) is 2. The predicted molar refractivity (Wildman–Crippen MR) is 20.8 cm³/mol. The third-order valence-corrected chi connectivity index (χ3v) is 0. The van der Waals surface area contributed by atoms with Crippen LogP contribution in [0, 0.1) is 0 Å². The van der Waals surface area contributed by atoms with Gasteiger partial charge in [-0.15, -0.1) is 0 Å². The van der Waals surface area contributed by atoms with Gasteiger partial charge in [-0.05, 0) is 0 Å². The molecule has 0 aliphatic heterocycles. The predicted octanol–water partition coefficient (Wildman–Crippen LogP) is -0.324. The maximum Gasteiger partial charge on any atom is 0.263 e. The third-order valence-electron chi connectivity index (χ3n) is 0. The fourth-order valence-electron chi connectivity index (χ4n) is 0. The first kappa shape index (κ1) is 10.1. The van der Waals surface area contributed by atoms with Crippen LogP contribution in [0.5, 0.6) is 0 Å². The zero-order valence-corrected chi connectivity index (χ0v) is 5.81. The molecular formula is H2O3S2Ti. The van der Waals surface area contributed by atoms with Crippen LogP contribution in [0.2, 0.25) is 0 Å². The first-order valence-electron chi connectivity index (χ1n) is 0.698. The van der Waals surface area contributed by atoms with Crippen molar-refractivity contribution in [2.45, 2.75) is 0 Å². The Balaban J connectivity index is 0. The van der Waals surface area contributed by atoms with Crippen LogP contribution >= 0.6 is 0 Å². The SMILES string of the molecule is O=S(O)(O)=S.[Ti]. The maximum atomic E-state index is 9.11. The smallest absolute Gasteiger partial charge is 0.263 e. The molecule has 0 bridgehead atoms. The monoisotopic (exact) mass is 162 g/mol. The summed E-state index contributed by atoms with van der Waals surface area (Å²) in [5.74, 6) is 0. The van der Waals surface area contributed by atoms with Crippen LogP contribution in [-0.4, -0.2) is 13.3 Å². The molecule has 0 fully saturated rings. The molecule has 0 saturated heterocycles. The quantitative estimate of drug-likeness (QED) is 0.479. The summed E-state index contributed by atoms with van der Waals surface area (Å²) in [7, 11) is -3.83. The summed E-state index contributed by atoms with van der Waals surface area (Å²) in [4.78, 5) is 0. The van der Waals surface area contributed by atoms with E-state index in [0.717, 1.165) is 0 Å². The minimum Gasteiger partial charge on any atom is -0.285 e. The van der Waals surface area contributed by atoms with Gasteiger partial charge >= 0.3 is 0 Å². The van der Waals surface area contributed by atoms with Gasteiger partial charge in [0.15, 0.2) is 0 Å². The minimum absolute atomic E-state index is 0. The molecule has 0 radical (unpaired) electrons. The Hall–Kier alpha value is 1.00. The molecule has 3 nitrogen and oxygen atoms in total. The van der Waals surface area contributed by atoms with Gasteiger partial charge in [0.1, 0.15) is 0 Å². The van der Waals surface area contributed by atoms with Crippen molar-refractivity contribution in [2.75, 3.05) is 0 Å². The van der Waals surface area contributed by atoms with Gasteiger partial charge in [0.05, 0.1) is 0 Å². The summed E-state index contributed by atoms with van der Waals surface area (Å²) in [6.45, 7) is 0. The summed E-state index contributed by atoms with van der Waals surface area (Å²) in [6, 6.07) is 0. The summed E-state index contributed by atoms with van der Waals surface area (Å²) in [5, 5.41) is 0. The van der Waals surface area contributed by atoms with Crippen LogP contribution in [0.3, 0.4) is 0 Å². The molecule has 0 saturated carbocycles. The molecule has 0 spiro atoms. The van der Waals surface area contributed by atoms with Gasteiger partial charge in [0.2, 0.25) is 0 Å². The Morgan fingerprint density at radius 2 is 1.50 bits per heavy atom. The van der Waals surface area contributed by atoms with E-state index >= 15 is 0 Å². The van der Waals surface area contributed by atoms with E-state index in [0.29, 0.717) is 0 Å². The molecule has 6 heavy (non-hydrogen) atoms. The molecule has 0 unspecified atom stereocenters. The van der Waals surface area contributed by atoms with Gasteiger partial charge in [-0.1, -0.05) is 0 Å². The van der Waals surface area contributed by atoms with E-state index in [2.05, 4.69) is 11.2 Å². The van der Waals surface area contributed by atoms with Crippen molar-refractivity contribution in [1.29, 1.82) is 0 Å². The van der Waals surface area contributed by atoms with Crippen molar-refractivity contribution in [2.24, 2.45) is 0 Å². The molecule has 0 aromatic rings. The van der Waals surface area contributed by atoms with E-state index in [9.17, 15) is 0 Å². The van der Waals surface area contributed by atoms with Crippen molar-refractivity contribution in [3.05, 3.63) is 0 Å². The molecule has 0 amide bonds. The largest absolute Gasteiger partial charge is 0.285 e. The van der Waals surface area contributed by atoms with Crippen LogP contribution in [0.15, 0.2) is 0 Å². The van der Waals surface area contributed by atoms with Gasteiger partial charge in [0, 0.05) is 32.9 Å². The second-order valence-electron chi connectivity index (χ2n) is 0.448. The maximum absolute atomic E-state index is 9.11. The summed E-state index contributed by atoms with van der Waals surface area (Å²) in [6.07, 6.45) is 0. The first-order chi connectivity index (χ1) is 2.00. The molecule has 0 rings (SSSR count). The first-order valence-corrected chi connectivity index (χ1v) is 3.10. The minimum atomic E-state index is -3.83. The average molecular weight is 162 g/mol. The Labute approximate surface area is 55.3 Å². The van der Waals surface area contributed by atoms with E-state index < -0.39 is 9.05 Å². The molecule has 0 aliphatic rings. The molecule has 0 heterocycles. The van der Waals surface area contributed by atoms with E-state index in [1.54, 1.807) is 0 Å². The summed E-state index contributed by atoms with van der Waals surface area (Å²) < 4.78 is 24.0. The van der Waals surface area contributed by atoms with E-state index in [1.807, 2.05) is 0 Å². The van der Waals surface area contributed by atoms with Crippen LogP contribution in [0.25, 0.3) is 0 Å². The Kier molecular flexibility index (Phi) is 5.15. The normalized spacial score (nSPS) is 9.67. The van der Waals surface area contributed by atoms with Gasteiger partial charge in [0.25, 0.3) is 9.05 Å². The number of rotatable bonds is 0. The molecule has 2 N–H and O–H groups in total. The van der Waals surface area contributed by atoms with Gasteiger partial charge < -0.3 is 0 Å². The second-order valence-corrected chi connectivity index (χ2v) is 2.65. The zero-order valence-electron chi connectivity index (χ0n) is 2.62. The average Bonchev–Trinajstić information content (AvgIpc) is 0.722. The van der Waals surface area contributed by atoms with E-state index in [1.165, 1.54) is 0 Å². The molecule has 0 aromatic heterocycles.